The third-order valence-corrected chi connectivity index (χ3v) is 4.95. The molecule has 1 amide bonds. The van der Waals surface area contributed by atoms with Gasteiger partial charge < -0.3 is 10.1 Å². The summed E-state index contributed by atoms with van der Waals surface area (Å²) in [5.41, 5.74) is 4.85. The van der Waals surface area contributed by atoms with Crippen molar-refractivity contribution in [3.63, 3.8) is 0 Å². The highest BCUT2D eigenvalue weighted by atomic mass is 35.5. The van der Waals surface area contributed by atoms with E-state index in [2.05, 4.69) is 16.5 Å². The molecule has 152 valence electrons. The maximum Gasteiger partial charge on any atom is 0.251 e. The van der Waals surface area contributed by atoms with E-state index in [0.717, 1.165) is 35.5 Å². The Morgan fingerprint density at radius 2 is 1.86 bits per heavy atom. The van der Waals surface area contributed by atoms with E-state index in [-0.39, 0.29) is 5.91 Å². The lowest BCUT2D eigenvalue weighted by molar-refractivity contribution is 0.0952. The Morgan fingerprint density at radius 3 is 2.55 bits per heavy atom. The van der Waals surface area contributed by atoms with Crippen molar-refractivity contribution in [2.75, 3.05) is 6.54 Å². The van der Waals surface area contributed by atoms with Crippen LogP contribution in [0.2, 0.25) is 5.02 Å². The van der Waals surface area contributed by atoms with Crippen LogP contribution < -0.4 is 10.1 Å². The monoisotopic (exact) mass is 411 g/mol. The average molecular weight is 412 g/mol. The summed E-state index contributed by atoms with van der Waals surface area (Å²) in [6, 6.07) is 15.2. The molecule has 5 nitrogen and oxygen atoms in total. The van der Waals surface area contributed by atoms with E-state index >= 15 is 0 Å². The molecule has 1 aromatic heterocycles. The van der Waals surface area contributed by atoms with Crippen molar-refractivity contribution in [1.82, 2.24) is 15.1 Å². The minimum atomic E-state index is -0.0763. The van der Waals surface area contributed by atoms with E-state index in [1.165, 1.54) is 0 Å². The first-order valence-corrected chi connectivity index (χ1v) is 10.1. The van der Waals surface area contributed by atoms with Crippen LogP contribution in [0.25, 0.3) is 0 Å². The quantitative estimate of drug-likeness (QED) is 0.538. The number of nitrogens with one attached hydrogen (secondary N) is 1. The predicted octanol–water partition coefficient (Wildman–Crippen LogP) is 4.86. The van der Waals surface area contributed by atoms with Gasteiger partial charge in [-0.1, -0.05) is 29.8 Å². The molecule has 3 aromatic rings. The first-order valence-electron chi connectivity index (χ1n) is 9.69. The first kappa shape index (κ1) is 20.9. The summed E-state index contributed by atoms with van der Waals surface area (Å²) in [5, 5.41) is 7.98. The average Bonchev–Trinajstić information content (AvgIpc) is 3.03. The van der Waals surface area contributed by atoms with Crippen molar-refractivity contribution >= 4 is 17.5 Å². The molecule has 0 aliphatic heterocycles. The standard InChI is InChI=1S/C23H26ClN3O2/c1-16-5-10-21(24)22(13-16)29-15-19-6-8-20(9-7-19)23(28)25-11-4-12-27-18(3)14-17(2)26-27/h5-10,13-14H,4,11-12,15H2,1-3H3,(H,25,28). The number of nitrogens with zero attached hydrogens (tertiary/aromatic N) is 2. The number of hydrogen-bond acceptors (Lipinski definition) is 3. The fourth-order valence-corrected chi connectivity index (χ4v) is 3.24. The summed E-state index contributed by atoms with van der Waals surface area (Å²) in [6.07, 6.45) is 0.830. The van der Waals surface area contributed by atoms with Gasteiger partial charge in [-0.3, -0.25) is 9.48 Å². The molecule has 0 saturated heterocycles. The lowest BCUT2D eigenvalue weighted by Gasteiger charge is -2.10. The third-order valence-electron chi connectivity index (χ3n) is 4.63. The highest BCUT2D eigenvalue weighted by Gasteiger charge is 2.07. The van der Waals surface area contributed by atoms with Gasteiger partial charge in [-0.05, 0) is 68.7 Å². The molecule has 0 unspecified atom stereocenters. The lowest BCUT2D eigenvalue weighted by atomic mass is 10.1. The molecular formula is C23H26ClN3O2. The molecule has 0 bridgehead atoms. The number of carbonyl (C=O) groups excluding carboxylic acids is 1. The molecule has 0 aliphatic rings. The molecule has 0 radical (unpaired) electrons. The van der Waals surface area contributed by atoms with Crippen LogP contribution in [0.5, 0.6) is 5.75 Å². The molecule has 0 aliphatic carbocycles. The topological polar surface area (TPSA) is 56.1 Å². The second-order valence-corrected chi connectivity index (χ2v) is 7.59. The summed E-state index contributed by atoms with van der Waals surface area (Å²) in [6.45, 7) is 7.80. The van der Waals surface area contributed by atoms with Crippen LogP contribution in [0.4, 0.5) is 0 Å². The van der Waals surface area contributed by atoms with Crippen LogP contribution in [0.3, 0.4) is 0 Å². The summed E-state index contributed by atoms with van der Waals surface area (Å²) in [7, 11) is 0. The third kappa shape index (κ3) is 5.84. The van der Waals surface area contributed by atoms with Crippen molar-refractivity contribution in [2.45, 2.75) is 40.3 Å². The Kier molecular flexibility index (Phi) is 6.94. The Hall–Kier alpha value is -2.79. The van der Waals surface area contributed by atoms with E-state index in [0.29, 0.717) is 29.5 Å². The highest BCUT2D eigenvalue weighted by Crippen LogP contribution is 2.26. The van der Waals surface area contributed by atoms with Crippen molar-refractivity contribution in [2.24, 2.45) is 0 Å². The summed E-state index contributed by atoms with van der Waals surface area (Å²) < 4.78 is 7.77. The van der Waals surface area contributed by atoms with Gasteiger partial charge in [0.15, 0.2) is 0 Å². The van der Waals surface area contributed by atoms with Gasteiger partial charge in [-0.25, -0.2) is 0 Å². The van der Waals surface area contributed by atoms with Crippen molar-refractivity contribution in [1.29, 1.82) is 0 Å². The van der Waals surface area contributed by atoms with Crippen LogP contribution in [-0.2, 0) is 13.2 Å². The predicted molar refractivity (Wildman–Crippen MR) is 116 cm³/mol. The van der Waals surface area contributed by atoms with Crippen molar-refractivity contribution in [3.05, 3.63) is 81.6 Å². The Balaban J connectivity index is 1.45. The zero-order valence-corrected chi connectivity index (χ0v) is 17.8. The normalized spacial score (nSPS) is 10.8. The van der Waals surface area contributed by atoms with Crippen molar-refractivity contribution in [3.8, 4) is 5.75 Å². The van der Waals surface area contributed by atoms with E-state index < -0.39 is 0 Å². The summed E-state index contributed by atoms with van der Waals surface area (Å²) >= 11 is 6.16. The number of aromatic nitrogens is 2. The number of carbonyl (C=O) groups is 1. The van der Waals surface area contributed by atoms with E-state index in [1.54, 1.807) is 0 Å². The molecule has 1 N–H and O–H groups in total. The molecule has 29 heavy (non-hydrogen) atoms. The second kappa shape index (κ2) is 9.61. The Labute approximate surface area is 176 Å². The van der Waals surface area contributed by atoms with Gasteiger partial charge in [0.05, 0.1) is 10.7 Å². The van der Waals surface area contributed by atoms with E-state index in [9.17, 15) is 4.79 Å². The minimum absolute atomic E-state index is 0.0763. The van der Waals surface area contributed by atoms with Gasteiger partial charge in [0.2, 0.25) is 0 Å². The molecule has 0 spiro atoms. The van der Waals surface area contributed by atoms with Crippen molar-refractivity contribution < 1.29 is 9.53 Å². The fraction of sp³-hybridized carbons (Fsp3) is 0.304. The molecule has 6 heteroatoms. The van der Waals surface area contributed by atoms with Crippen LogP contribution in [0, 0.1) is 20.8 Å². The maximum absolute atomic E-state index is 12.3. The maximum atomic E-state index is 12.3. The summed E-state index contributed by atoms with van der Waals surface area (Å²) in [5.74, 6) is 0.587. The van der Waals surface area contributed by atoms with Gasteiger partial charge in [-0.15, -0.1) is 0 Å². The lowest BCUT2D eigenvalue weighted by Crippen LogP contribution is -2.25. The molecule has 3 rings (SSSR count). The number of benzene rings is 2. The molecule has 0 fully saturated rings. The van der Waals surface area contributed by atoms with Gasteiger partial charge in [0.1, 0.15) is 12.4 Å². The van der Waals surface area contributed by atoms with Gasteiger partial charge >= 0.3 is 0 Å². The molecule has 0 saturated carbocycles. The van der Waals surface area contributed by atoms with Crippen LogP contribution in [0.1, 0.15) is 39.3 Å². The van der Waals surface area contributed by atoms with Crippen LogP contribution in [0.15, 0.2) is 48.5 Å². The largest absolute Gasteiger partial charge is 0.487 e. The molecule has 0 atom stereocenters. The van der Waals surface area contributed by atoms with Gasteiger partial charge in [-0.2, -0.15) is 5.10 Å². The number of amides is 1. The number of aryl methyl sites for hydroxylation is 4. The van der Waals surface area contributed by atoms with E-state index in [4.69, 9.17) is 16.3 Å². The molecule has 1 heterocycles. The van der Waals surface area contributed by atoms with Gasteiger partial charge in [0, 0.05) is 24.3 Å². The number of ether oxygens (including phenoxy) is 1. The van der Waals surface area contributed by atoms with Gasteiger partial charge in [0.25, 0.3) is 5.91 Å². The van der Waals surface area contributed by atoms with Crippen LogP contribution in [-0.4, -0.2) is 22.2 Å². The highest BCUT2D eigenvalue weighted by molar-refractivity contribution is 6.32. The smallest absolute Gasteiger partial charge is 0.251 e. The van der Waals surface area contributed by atoms with E-state index in [1.807, 2.05) is 67.9 Å². The first-order chi connectivity index (χ1) is 13.9. The Morgan fingerprint density at radius 1 is 1.10 bits per heavy atom. The molecule has 2 aromatic carbocycles. The number of rotatable bonds is 8. The Bertz CT molecular complexity index is 980. The SMILES string of the molecule is Cc1ccc(Cl)c(OCc2ccc(C(=O)NCCCn3nc(C)cc3C)cc2)c1. The molecular weight excluding hydrogens is 386 g/mol. The second-order valence-electron chi connectivity index (χ2n) is 7.18. The van der Waals surface area contributed by atoms with Crippen LogP contribution >= 0.6 is 11.6 Å². The number of halogens is 1. The fourth-order valence-electron chi connectivity index (χ4n) is 3.07. The number of hydrogen-bond donors (Lipinski definition) is 1. The zero-order valence-electron chi connectivity index (χ0n) is 17.0. The summed E-state index contributed by atoms with van der Waals surface area (Å²) in [4.78, 5) is 12.3. The minimum Gasteiger partial charge on any atom is -0.487 e. The zero-order chi connectivity index (χ0) is 20.8.